The van der Waals surface area contributed by atoms with Crippen LogP contribution in [0.2, 0.25) is 0 Å². The number of nitrogens with one attached hydrogen (secondary N) is 9. The number of amides is 8. The summed E-state index contributed by atoms with van der Waals surface area (Å²) in [6.07, 6.45) is -0.971. The SMILES string of the molecule is C[C@H](NC(=O)[C@H](Cc1ccccc1)NC(=O)CNC(=O)[C@H](Cc1ccc(O)cc1)NC(=O)[C@@H](C)N)C(=O)N[C@@H](Cc1c[nH]c2ccccc12)C(=O)NCC(=O)N[C@@H](CCC(=O)O)C(=O)N[C@@H](CCC(=O)O)C(=O)O. The van der Waals surface area contributed by atoms with Gasteiger partial charge in [-0.05, 0) is 61.6 Å². The molecule has 4 aromatic rings. The lowest BCUT2D eigenvalue weighted by Gasteiger charge is -2.24. The number of carbonyl (C=O) groups excluding carboxylic acids is 8. The second kappa shape index (κ2) is 28.2. The number of phenols is 1. The zero-order valence-electron chi connectivity index (χ0n) is 40.3. The number of phenolic OH excluding ortho intramolecular Hbond substituents is 1. The summed E-state index contributed by atoms with van der Waals surface area (Å²) < 4.78 is 0. The van der Waals surface area contributed by atoms with Crippen molar-refractivity contribution in [2.75, 3.05) is 13.1 Å². The molecule has 0 bridgehead atoms. The lowest BCUT2D eigenvalue weighted by Crippen LogP contribution is -2.58. The van der Waals surface area contributed by atoms with Crippen molar-refractivity contribution in [2.24, 2.45) is 5.73 Å². The van der Waals surface area contributed by atoms with Crippen LogP contribution in [-0.2, 0) is 72.0 Å². The Hall–Kier alpha value is -8.87. The Morgan fingerprint density at radius 2 is 0.986 bits per heavy atom. The Balaban J connectivity index is 1.47. The molecular weight excluding hydrogens is 969 g/mol. The van der Waals surface area contributed by atoms with Crippen LogP contribution in [0.25, 0.3) is 10.9 Å². The zero-order chi connectivity index (χ0) is 54.5. The van der Waals surface area contributed by atoms with E-state index >= 15 is 0 Å². The summed E-state index contributed by atoms with van der Waals surface area (Å²) in [4.78, 5) is 144. The molecule has 7 atom stereocenters. The molecule has 25 heteroatoms. The molecule has 0 unspecified atom stereocenters. The van der Waals surface area contributed by atoms with Crippen molar-refractivity contribution in [1.82, 2.24) is 47.5 Å². The number of hydrogen-bond donors (Lipinski definition) is 14. The molecule has 3 aromatic carbocycles. The lowest BCUT2D eigenvalue weighted by atomic mass is 10.0. The minimum absolute atomic E-state index is 0.0194. The second-order valence-electron chi connectivity index (χ2n) is 17.2. The Bertz CT molecular complexity index is 2660. The van der Waals surface area contributed by atoms with Crippen LogP contribution in [0.5, 0.6) is 5.75 Å². The van der Waals surface area contributed by atoms with Crippen molar-refractivity contribution in [2.45, 2.75) is 101 Å². The number of carboxylic acid groups (broad SMARTS) is 3. The Morgan fingerprint density at radius 1 is 0.514 bits per heavy atom. The Morgan fingerprint density at radius 3 is 1.55 bits per heavy atom. The third kappa shape index (κ3) is 19.0. The summed E-state index contributed by atoms with van der Waals surface area (Å²) in [7, 11) is 0. The molecule has 15 N–H and O–H groups in total. The van der Waals surface area contributed by atoms with E-state index in [1.165, 1.54) is 26.0 Å². The summed E-state index contributed by atoms with van der Waals surface area (Å²) in [6, 6.07) is 11.9. The van der Waals surface area contributed by atoms with Gasteiger partial charge in [-0.1, -0.05) is 60.7 Å². The summed E-state index contributed by atoms with van der Waals surface area (Å²) in [5.41, 5.74) is 8.13. The van der Waals surface area contributed by atoms with E-state index in [9.17, 15) is 68.1 Å². The van der Waals surface area contributed by atoms with Crippen LogP contribution < -0.4 is 48.3 Å². The molecule has 1 aromatic heterocycles. The lowest BCUT2D eigenvalue weighted by molar-refractivity contribution is -0.144. The van der Waals surface area contributed by atoms with Crippen LogP contribution in [-0.4, -0.2) is 146 Å². The van der Waals surface area contributed by atoms with E-state index in [-0.39, 0.29) is 25.0 Å². The number of H-pyrrole nitrogens is 1. The summed E-state index contributed by atoms with van der Waals surface area (Å²) in [6.45, 7) is 1.26. The van der Waals surface area contributed by atoms with Gasteiger partial charge in [-0.2, -0.15) is 0 Å². The van der Waals surface area contributed by atoms with Gasteiger partial charge in [0, 0.05) is 49.2 Å². The fourth-order valence-electron chi connectivity index (χ4n) is 7.25. The maximum absolute atomic E-state index is 13.9. The van der Waals surface area contributed by atoms with E-state index in [2.05, 4.69) is 47.5 Å². The molecule has 0 radical (unpaired) electrons. The average molecular weight is 1030 g/mol. The fourth-order valence-corrected chi connectivity index (χ4v) is 7.25. The summed E-state index contributed by atoms with van der Waals surface area (Å²) >= 11 is 0. The zero-order valence-corrected chi connectivity index (χ0v) is 40.3. The van der Waals surface area contributed by atoms with Gasteiger partial charge in [0.15, 0.2) is 0 Å². The number of para-hydroxylation sites is 1. The van der Waals surface area contributed by atoms with Crippen molar-refractivity contribution in [3.05, 3.63) is 102 Å². The highest BCUT2D eigenvalue weighted by atomic mass is 16.4. The van der Waals surface area contributed by atoms with Crippen LogP contribution in [0.4, 0.5) is 0 Å². The van der Waals surface area contributed by atoms with E-state index in [0.29, 0.717) is 27.6 Å². The second-order valence-corrected chi connectivity index (χ2v) is 17.2. The standard InChI is InChI=1S/C49H60N10O15/c1-26(50)43(67)58-36(21-29-12-14-31(60)15-13-29)45(69)52-25-40(62)56-37(20-28-8-4-3-5-9-28)48(72)54-27(2)44(68)59-38(22-30-23-51-33-11-7-6-10-32(30)33)46(70)53-24-39(61)55-34(16-18-41(63)64)47(71)57-35(49(73)74)17-19-42(65)66/h3-15,23,26-27,34-38,51,60H,16-22,24-25,50H2,1-2H3,(H,52,69)(H,53,70)(H,54,72)(H,55,61)(H,56,62)(H,57,71)(H,58,67)(H,59,68)(H,63,64)(H,65,66)(H,73,74)/t26-,27+,34+,35+,36+,37+,38+/m1/s1. The summed E-state index contributed by atoms with van der Waals surface area (Å²) in [5.74, 6) is -11.3. The van der Waals surface area contributed by atoms with Gasteiger partial charge in [0.05, 0.1) is 19.1 Å². The highest BCUT2D eigenvalue weighted by Crippen LogP contribution is 2.19. The third-order valence-electron chi connectivity index (χ3n) is 11.2. The highest BCUT2D eigenvalue weighted by molar-refractivity contribution is 5.97. The first kappa shape index (κ1) is 57.7. The topological polar surface area (TPSA) is 407 Å². The molecule has 396 valence electrons. The van der Waals surface area contributed by atoms with E-state index in [0.717, 1.165) is 0 Å². The molecule has 0 fully saturated rings. The summed E-state index contributed by atoms with van der Waals surface area (Å²) in [5, 5.41) is 57.5. The number of rotatable bonds is 29. The van der Waals surface area contributed by atoms with Crippen LogP contribution >= 0.6 is 0 Å². The molecule has 74 heavy (non-hydrogen) atoms. The quantitative estimate of drug-likeness (QED) is 0.0286. The van der Waals surface area contributed by atoms with E-state index < -0.39 is 146 Å². The van der Waals surface area contributed by atoms with Crippen molar-refractivity contribution >= 4 is 76.1 Å². The van der Waals surface area contributed by atoms with Gasteiger partial charge >= 0.3 is 17.9 Å². The molecule has 0 aliphatic heterocycles. The molecule has 0 saturated carbocycles. The average Bonchev–Trinajstić information content (AvgIpc) is 3.77. The monoisotopic (exact) mass is 1030 g/mol. The first-order chi connectivity index (χ1) is 35.1. The number of aromatic hydroxyl groups is 1. The van der Waals surface area contributed by atoms with Gasteiger partial charge in [0.25, 0.3) is 0 Å². The Labute approximate surface area is 423 Å². The number of aromatic amines is 1. The van der Waals surface area contributed by atoms with Crippen molar-refractivity contribution in [3.8, 4) is 5.75 Å². The number of nitrogens with two attached hydrogens (primary N) is 1. The molecule has 0 spiro atoms. The predicted octanol–water partition coefficient (Wildman–Crippen LogP) is -1.78. The first-order valence-corrected chi connectivity index (χ1v) is 23.2. The maximum atomic E-state index is 13.9. The van der Waals surface area contributed by atoms with Gasteiger partial charge in [0.1, 0.15) is 42.0 Å². The van der Waals surface area contributed by atoms with Gasteiger partial charge in [-0.15, -0.1) is 0 Å². The largest absolute Gasteiger partial charge is 0.508 e. The number of carboxylic acids is 3. The predicted molar refractivity (Wildman–Crippen MR) is 262 cm³/mol. The van der Waals surface area contributed by atoms with Crippen molar-refractivity contribution in [1.29, 1.82) is 0 Å². The molecule has 0 saturated heterocycles. The molecule has 25 nitrogen and oxygen atoms in total. The van der Waals surface area contributed by atoms with Gasteiger partial charge in [-0.3, -0.25) is 47.9 Å². The molecule has 0 aliphatic rings. The van der Waals surface area contributed by atoms with Crippen LogP contribution in [0.3, 0.4) is 0 Å². The molecule has 8 amide bonds. The molecule has 0 aliphatic carbocycles. The number of fused-ring (bicyclic) bond motifs is 1. The van der Waals surface area contributed by atoms with Crippen LogP contribution in [0.15, 0.2) is 85.1 Å². The normalized spacial score (nSPS) is 13.7. The minimum atomic E-state index is -1.69. The minimum Gasteiger partial charge on any atom is -0.508 e. The van der Waals surface area contributed by atoms with Crippen LogP contribution in [0, 0.1) is 0 Å². The molecular formula is C49H60N10O15. The van der Waals surface area contributed by atoms with E-state index in [4.69, 9.17) is 10.8 Å². The first-order valence-electron chi connectivity index (χ1n) is 23.2. The molecule has 1 heterocycles. The number of hydrogen-bond acceptors (Lipinski definition) is 13. The van der Waals surface area contributed by atoms with E-state index in [1.807, 2.05) is 0 Å². The number of benzene rings is 3. The number of aromatic nitrogens is 1. The van der Waals surface area contributed by atoms with Crippen molar-refractivity contribution in [3.63, 3.8) is 0 Å². The van der Waals surface area contributed by atoms with Crippen LogP contribution in [0.1, 0.15) is 56.2 Å². The maximum Gasteiger partial charge on any atom is 0.326 e. The fraction of sp³-hybridized carbons (Fsp3) is 0.367. The Kier molecular flexibility index (Phi) is 22.0. The van der Waals surface area contributed by atoms with Gasteiger partial charge < -0.3 is 73.7 Å². The number of aliphatic carboxylic acids is 3. The highest BCUT2D eigenvalue weighted by Gasteiger charge is 2.31. The number of carbonyl (C=O) groups is 11. The molecule has 4 rings (SSSR count). The third-order valence-corrected chi connectivity index (χ3v) is 11.2. The van der Waals surface area contributed by atoms with Gasteiger partial charge in [-0.25, -0.2) is 4.79 Å². The van der Waals surface area contributed by atoms with Crippen molar-refractivity contribution < 1.29 is 73.2 Å². The van der Waals surface area contributed by atoms with E-state index in [1.54, 1.807) is 72.9 Å². The smallest absolute Gasteiger partial charge is 0.326 e. The van der Waals surface area contributed by atoms with Gasteiger partial charge in [0.2, 0.25) is 47.3 Å².